The predicted octanol–water partition coefficient (Wildman–Crippen LogP) is 1.29. The summed E-state index contributed by atoms with van der Waals surface area (Å²) in [7, 11) is 1.57. The van der Waals surface area contributed by atoms with Gasteiger partial charge in [0.05, 0.1) is 6.61 Å². The molecule has 0 saturated carbocycles. The number of carbonyl (C=O) groups is 2. The second kappa shape index (κ2) is 10.0. The molecule has 3 amide bonds. The Morgan fingerprint density at radius 3 is 2.62 bits per heavy atom. The van der Waals surface area contributed by atoms with Gasteiger partial charge in [-0.05, 0) is 11.6 Å². The Kier molecular flexibility index (Phi) is 8.23. The van der Waals surface area contributed by atoms with Crippen molar-refractivity contribution in [2.75, 3.05) is 26.8 Å². The van der Waals surface area contributed by atoms with Gasteiger partial charge in [-0.2, -0.15) is 0 Å². The third kappa shape index (κ3) is 7.53. The number of urea groups is 1. The van der Waals surface area contributed by atoms with E-state index in [1.54, 1.807) is 13.2 Å². The fourth-order valence-corrected chi connectivity index (χ4v) is 1.75. The van der Waals surface area contributed by atoms with Crippen LogP contribution in [0.2, 0.25) is 5.02 Å². The summed E-state index contributed by atoms with van der Waals surface area (Å²) in [6.07, 6.45) is 0.225. The highest BCUT2D eigenvalue weighted by molar-refractivity contribution is 6.31. The Balaban J connectivity index is 2.14. The first-order chi connectivity index (χ1) is 10.1. The van der Waals surface area contributed by atoms with Crippen LogP contribution in [-0.2, 0) is 16.1 Å². The van der Waals surface area contributed by atoms with E-state index in [1.165, 1.54) is 0 Å². The van der Waals surface area contributed by atoms with Gasteiger partial charge in [0.2, 0.25) is 5.91 Å². The van der Waals surface area contributed by atoms with Gasteiger partial charge in [-0.25, -0.2) is 4.79 Å². The molecule has 6 nitrogen and oxygen atoms in total. The van der Waals surface area contributed by atoms with Crippen molar-refractivity contribution in [1.82, 2.24) is 16.0 Å². The lowest BCUT2D eigenvalue weighted by Gasteiger charge is -2.09. The molecule has 0 fully saturated rings. The van der Waals surface area contributed by atoms with Gasteiger partial charge < -0.3 is 20.7 Å². The van der Waals surface area contributed by atoms with Crippen molar-refractivity contribution in [2.45, 2.75) is 13.0 Å². The molecule has 0 bridgehead atoms. The fraction of sp³-hybridized carbons (Fsp3) is 0.429. The van der Waals surface area contributed by atoms with E-state index in [4.69, 9.17) is 16.3 Å². The van der Waals surface area contributed by atoms with E-state index in [-0.39, 0.29) is 24.9 Å². The van der Waals surface area contributed by atoms with Crippen molar-refractivity contribution < 1.29 is 14.3 Å². The largest absolute Gasteiger partial charge is 0.383 e. The molecule has 7 heteroatoms. The number of halogens is 1. The molecule has 3 N–H and O–H groups in total. The highest BCUT2D eigenvalue weighted by Gasteiger charge is 2.04. The van der Waals surface area contributed by atoms with Crippen LogP contribution in [-0.4, -0.2) is 38.7 Å². The van der Waals surface area contributed by atoms with Crippen LogP contribution in [0.25, 0.3) is 0 Å². The Bertz CT molecular complexity index is 469. The Labute approximate surface area is 129 Å². The second-order valence-electron chi connectivity index (χ2n) is 4.29. The molecule has 0 atom stereocenters. The quantitative estimate of drug-likeness (QED) is 0.633. The van der Waals surface area contributed by atoms with Crippen LogP contribution in [0.4, 0.5) is 4.79 Å². The molecular weight excluding hydrogens is 294 g/mol. The van der Waals surface area contributed by atoms with Crippen LogP contribution < -0.4 is 16.0 Å². The summed E-state index contributed by atoms with van der Waals surface area (Å²) >= 11 is 5.98. The van der Waals surface area contributed by atoms with Crippen LogP contribution in [0, 0.1) is 0 Å². The lowest BCUT2D eigenvalue weighted by molar-refractivity contribution is -0.121. The smallest absolute Gasteiger partial charge is 0.315 e. The van der Waals surface area contributed by atoms with Crippen LogP contribution in [0.15, 0.2) is 24.3 Å². The first-order valence-electron chi connectivity index (χ1n) is 6.64. The number of rotatable bonds is 8. The molecule has 0 aliphatic rings. The molecule has 0 aliphatic carbocycles. The molecule has 1 aromatic rings. The molecule has 0 unspecified atom stereocenters. The fourth-order valence-electron chi connectivity index (χ4n) is 1.55. The topological polar surface area (TPSA) is 79.5 Å². The summed E-state index contributed by atoms with van der Waals surface area (Å²) in [6, 6.07) is 6.95. The maximum Gasteiger partial charge on any atom is 0.315 e. The molecule has 21 heavy (non-hydrogen) atoms. The molecule has 0 aliphatic heterocycles. The van der Waals surface area contributed by atoms with Crippen molar-refractivity contribution in [1.29, 1.82) is 0 Å². The molecule has 1 rings (SSSR count). The molecule has 0 aromatic heterocycles. The predicted molar refractivity (Wildman–Crippen MR) is 81.2 cm³/mol. The molecular formula is C14H20ClN3O3. The van der Waals surface area contributed by atoms with Crippen LogP contribution in [0.3, 0.4) is 0 Å². The number of benzene rings is 1. The number of hydrogen-bond donors (Lipinski definition) is 3. The van der Waals surface area contributed by atoms with Gasteiger partial charge in [-0.3, -0.25) is 4.79 Å². The minimum atomic E-state index is -0.334. The van der Waals surface area contributed by atoms with Crippen molar-refractivity contribution >= 4 is 23.5 Å². The average Bonchev–Trinajstić information content (AvgIpc) is 2.47. The summed E-state index contributed by atoms with van der Waals surface area (Å²) in [6.45, 7) is 1.55. The number of amides is 3. The Morgan fingerprint density at radius 1 is 1.14 bits per heavy atom. The third-order valence-corrected chi connectivity index (χ3v) is 3.03. The van der Waals surface area contributed by atoms with E-state index >= 15 is 0 Å². The van der Waals surface area contributed by atoms with Crippen LogP contribution in [0.1, 0.15) is 12.0 Å². The van der Waals surface area contributed by atoms with Gasteiger partial charge in [0.15, 0.2) is 0 Å². The number of nitrogens with one attached hydrogen (secondary N) is 3. The summed E-state index contributed by atoms with van der Waals surface area (Å²) in [5, 5.41) is 8.56. The summed E-state index contributed by atoms with van der Waals surface area (Å²) in [5.74, 6) is -0.126. The Morgan fingerprint density at radius 2 is 1.90 bits per heavy atom. The monoisotopic (exact) mass is 313 g/mol. The SMILES string of the molecule is COCCNC(=O)CCNC(=O)NCc1ccccc1Cl. The van der Waals surface area contributed by atoms with Gasteiger partial charge in [0, 0.05) is 38.2 Å². The van der Waals surface area contributed by atoms with E-state index in [0.29, 0.717) is 24.7 Å². The van der Waals surface area contributed by atoms with Crippen LogP contribution >= 0.6 is 11.6 Å². The second-order valence-corrected chi connectivity index (χ2v) is 4.70. The zero-order chi connectivity index (χ0) is 15.5. The van der Waals surface area contributed by atoms with E-state index in [1.807, 2.05) is 18.2 Å². The molecule has 116 valence electrons. The first-order valence-corrected chi connectivity index (χ1v) is 7.02. The number of ether oxygens (including phenoxy) is 1. The Hall–Kier alpha value is -1.79. The minimum Gasteiger partial charge on any atom is -0.383 e. The lowest BCUT2D eigenvalue weighted by Crippen LogP contribution is -2.37. The zero-order valence-corrected chi connectivity index (χ0v) is 12.7. The minimum absolute atomic E-state index is 0.126. The molecule has 0 radical (unpaired) electrons. The summed E-state index contributed by atoms with van der Waals surface area (Å²) in [5.41, 5.74) is 0.839. The van der Waals surface area contributed by atoms with Crippen molar-refractivity contribution in [2.24, 2.45) is 0 Å². The number of methoxy groups -OCH3 is 1. The number of hydrogen-bond acceptors (Lipinski definition) is 3. The summed E-state index contributed by atoms with van der Waals surface area (Å²) in [4.78, 5) is 22.9. The third-order valence-electron chi connectivity index (χ3n) is 2.66. The van der Waals surface area contributed by atoms with Gasteiger partial charge >= 0.3 is 6.03 Å². The van der Waals surface area contributed by atoms with Gasteiger partial charge in [-0.1, -0.05) is 29.8 Å². The maximum absolute atomic E-state index is 11.6. The van der Waals surface area contributed by atoms with Gasteiger partial charge in [-0.15, -0.1) is 0 Å². The highest BCUT2D eigenvalue weighted by Crippen LogP contribution is 2.13. The van der Waals surface area contributed by atoms with Gasteiger partial charge in [0.1, 0.15) is 0 Å². The van der Waals surface area contributed by atoms with E-state index in [0.717, 1.165) is 5.56 Å². The van der Waals surface area contributed by atoms with Gasteiger partial charge in [0.25, 0.3) is 0 Å². The molecule has 0 spiro atoms. The molecule has 0 saturated heterocycles. The van der Waals surface area contributed by atoms with Crippen LogP contribution in [0.5, 0.6) is 0 Å². The standard InChI is InChI=1S/C14H20ClN3O3/c1-21-9-8-16-13(19)6-7-17-14(20)18-10-11-4-2-3-5-12(11)15/h2-5H,6-10H2,1H3,(H,16,19)(H2,17,18,20). The maximum atomic E-state index is 11.6. The highest BCUT2D eigenvalue weighted by atomic mass is 35.5. The van der Waals surface area contributed by atoms with Crippen molar-refractivity contribution in [3.63, 3.8) is 0 Å². The van der Waals surface area contributed by atoms with E-state index < -0.39 is 0 Å². The zero-order valence-electron chi connectivity index (χ0n) is 11.9. The van der Waals surface area contributed by atoms with Crippen molar-refractivity contribution in [3.05, 3.63) is 34.9 Å². The van der Waals surface area contributed by atoms with E-state index in [2.05, 4.69) is 16.0 Å². The average molecular weight is 314 g/mol. The molecule has 0 heterocycles. The first kappa shape index (κ1) is 17.3. The van der Waals surface area contributed by atoms with E-state index in [9.17, 15) is 9.59 Å². The normalized spacial score (nSPS) is 10.0. The van der Waals surface area contributed by atoms with Crippen molar-refractivity contribution in [3.8, 4) is 0 Å². The summed E-state index contributed by atoms with van der Waals surface area (Å²) < 4.78 is 4.81. The number of carbonyl (C=O) groups excluding carboxylic acids is 2. The molecule has 1 aromatic carbocycles. The lowest BCUT2D eigenvalue weighted by atomic mass is 10.2.